The third-order valence-corrected chi connectivity index (χ3v) is 2.39. The second-order valence-electron chi connectivity index (χ2n) is 3.79. The van der Waals surface area contributed by atoms with Gasteiger partial charge >= 0.3 is 0 Å². The highest BCUT2D eigenvalue weighted by atomic mass is 16.5. The summed E-state index contributed by atoms with van der Waals surface area (Å²) in [5, 5.41) is 3.26. The first-order valence-corrected chi connectivity index (χ1v) is 5.57. The van der Waals surface area contributed by atoms with Crippen molar-refractivity contribution >= 4 is 5.78 Å². The number of hydrogen-bond acceptors (Lipinski definition) is 3. The third kappa shape index (κ3) is 5.05. The number of rotatable bonds is 7. The summed E-state index contributed by atoms with van der Waals surface area (Å²) in [6.45, 7) is 5.47. The van der Waals surface area contributed by atoms with E-state index in [-0.39, 0.29) is 11.9 Å². The average molecular weight is 221 g/mol. The normalized spacial score (nSPS) is 12.4. The van der Waals surface area contributed by atoms with Crippen molar-refractivity contribution in [2.45, 2.75) is 26.5 Å². The molecule has 0 bridgehead atoms. The van der Waals surface area contributed by atoms with E-state index in [0.717, 1.165) is 13.1 Å². The summed E-state index contributed by atoms with van der Waals surface area (Å²) in [4.78, 5) is 10.9. The van der Waals surface area contributed by atoms with Crippen molar-refractivity contribution < 1.29 is 9.53 Å². The molecular formula is C13H19NO2. The van der Waals surface area contributed by atoms with E-state index in [2.05, 4.69) is 17.4 Å². The number of ketones is 1. The summed E-state index contributed by atoms with van der Waals surface area (Å²) in [6, 6.07) is 10.2. The van der Waals surface area contributed by atoms with Crippen LogP contribution in [-0.2, 0) is 16.1 Å². The smallest absolute Gasteiger partial charge is 0.158 e. The Hall–Kier alpha value is -1.19. The van der Waals surface area contributed by atoms with Crippen molar-refractivity contribution in [2.75, 3.05) is 13.2 Å². The first-order chi connectivity index (χ1) is 7.70. The lowest BCUT2D eigenvalue weighted by atomic mass is 10.2. The Kier molecular flexibility index (Phi) is 5.75. The topological polar surface area (TPSA) is 38.3 Å². The van der Waals surface area contributed by atoms with Gasteiger partial charge in [-0.25, -0.2) is 0 Å². The summed E-state index contributed by atoms with van der Waals surface area (Å²) in [5.41, 5.74) is 1.25. The second kappa shape index (κ2) is 7.14. The lowest BCUT2D eigenvalue weighted by Gasteiger charge is -2.10. The van der Waals surface area contributed by atoms with Crippen molar-refractivity contribution in [3.8, 4) is 0 Å². The van der Waals surface area contributed by atoms with Crippen LogP contribution in [0.5, 0.6) is 0 Å². The molecule has 0 aliphatic rings. The van der Waals surface area contributed by atoms with Gasteiger partial charge in [-0.2, -0.15) is 0 Å². The monoisotopic (exact) mass is 221 g/mol. The molecule has 0 saturated heterocycles. The zero-order chi connectivity index (χ0) is 11.8. The summed E-state index contributed by atoms with van der Waals surface area (Å²) in [7, 11) is 0. The van der Waals surface area contributed by atoms with Crippen LogP contribution in [0, 0.1) is 0 Å². The number of carbonyl (C=O) groups is 1. The second-order valence-corrected chi connectivity index (χ2v) is 3.79. The van der Waals surface area contributed by atoms with E-state index in [1.54, 1.807) is 13.8 Å². The first-order valence-electron chi connectivity index (χ1n) is 5.57. The highest BCUT2D eigenvalue weighted by Crippen LogP contribution is 1.97. The van der Waals surface area contributed by atoms with Crippen molar-refractivity contribution in [3.05, 3.63) is 35.9 Å². The van der Waals surface area contributed by atoms with Gasteiger partial charge in [0.1, 0.15) is 6.10 Å². The molecule has 3 heteroatoms. The van der Waals surface area contributed by atoms with Gasteiger partial charge in [-0.3, -0.25) is 4.79 Å². The molecule has 0 amide bonds. The van der Waals surface area contributed by atoms with Crippen molar-refractivity contribution in [1.82, 2.24) is 5.32 Å². The summed E-state index contributed by atoms with van der Waals surface area (Å²) < 4.78 is 5.33. The van der Waals surface area contributed by atoms with E-state index < -0.39 is 0 Å². The fraction of sp³-hybridized carbons (Fsp3) is 0.462. The van der Waals surface area contributed by atoms with Crippen LogP contribution in [0.4, 0.5) is 0 Å². The van der Waals surface area contributed by atoms with Gasteiger partial charge in [0, 0.05) is 13.1 Å². The minimum atomic E-state index is -0.293. The van der Waals surface area contributed by atoms with Crippen LogP contribution in [0.3, 0.4) is 0 Å². The molecule has 0 spiro atoms. The number of carbonyl (C=O) groups excluding carboxylic acids is 1. The van der Waals surface area contributed by atoms with Gasteiger partial charge in [-0.05, 0) is 19.4 Å². The van der Waals surface area contributed by atoms with Crippen LogP contribution in [0.2, 0.25) is 0 Å². The zero-order valence-corrected chi connectivity index (χ0v) is 9.90. The molecule has 0 aliphatic heterocycles. The number of nitrogens with one attached hydrogen (secondary N) is 1. The number of Topliss-reactive ketones (excluding diaryl/α,β-unsaturated/α-hetero) is 1. The first kappa shape index (κ1) is 12.9. The predicted octanol–water partition coefficient (Wildman–Crippen LogP) is 1.77. The Morgan fingerprint density at radius 1 is 1.38 bits per heavy atom. The lowest BCUT2D eigenvalue weighted by Crippen LogP contribution is -2.24. The number of hydrogen-bond donors (Lipinski definition) is 1. The van der Waals surface area contributed by atoms with E-state index in [4.69, 9.17) is 4.74 Å². The molecule has 1 aromatic carbocycles. The largest absolute Gasteiger partial charge is 0.369 e. The summed E-state index contributed by atoms with van der Waals surface area (Å²) >= 11 is 0. The minimum absolute atomic E-state index is 0.0723. The fourth-order valence-electron chi connectivity index (χ4n) is 1.25. The summed E-state index contributed by atoms with van der Waals surface area (Å²) in [5.74, 6) is 0.0723. The van der Waals surface area contributed by atoms with Gasteiger partial charge in [0.05, 0.1) is 6.61 Å². The van der Waals surface area contributed by atoms with Gasteiger partial charge in [-0.15, -0.1) is 0 Å². The Balaban J connectivity index is 2.07. The molecule has 0 radical (unpaired) electrons. The molecule has 1 unspecified atom stereocenters. The van der Waals surface area contributed by atoms with Crippen LogP contribution in [0.25, 0.3) is 0 Å². The molecule has 0 aromatic heterocycles. The van der Waals surface area contributed by atoms with Gasteiger partial charge in [0.15, 0.2) is 5.78 Å². The predicted molar refractivity (Wildman–Crippen MR) is 64.2 cm³/mol. The molecule has 88 valence electrons. The molecule has 0 aliphatic carbocycles. The maximum absolute atomic E-state index is 10.9. The molecule has 0 heterocycles. The van der Waals surface area contributed by atoms with E-state index in [9.17, 15) is 4.79 Å². The van der Waals surface area contributed by atoms with Gasteiger partial charge in [0.25, 0.3) is 0 Å². The molecule has 0 saturated carbocycles. The summed E-state index contributed by atoms with van der Waals surface area (Å²) in [6.07, 6.45) is -0.293. The molecule has 1 atom stereocenters. The molecular weight excluding hydrogens is 202 g/mol. The quantitative estimate of drug-likeness (QED) is 0.713. The highest BCUT2D eigenvalue weighted by Gasteiger charge is 2.05. The molecule has 0 fully saturated rings. The van der Waals surface area contributed by atoms with E-state index in [0.29, 0.717) is 6.61 Å². The van der Waals surface area contributed by atoms with E-state index >= 15 is 0 Å². The van der Waals surface area contributed by atoms with Crippen LogP contribution in [-0.4, -0.2) is 25.0 Å². The van der Waals surface area contributed by atoms with Gasteiger partial charge in [-0.1, -0.05) is 30.3 Å². The molecule has 3 nitrogen and oxygen atoms in total. The highest BCUT2D eigenvalue weighted by molar-refractivity contribution is 5.79. The SMILES string of the molecule is CC(=O)C(C)OCCNCc1ccccc1. The number of ether oxygens (including phenoxy) is 1. The van der Waals surface area contributed by atoms with Crippen molar-refractivity contribution in [1.29, 1.82) is 0 Å². The van der Waals surface area contributed by atoms with Crippen molar-refractivity contribution in [3.63, 3.8) is 0 Å². The van der Waals surface area contributed by atoms with Crippen molar-refractivity contribution in [2.24, 2.45) is 0 Å². The minimum Gasteiger partial charge on any atom is -0.369 e. The third-order valence-electron chi connectivity index (χ3n) is 2.39. The maximum Gasteiger partial charge on any atom is 0.158 e. The van der Waals surface area contributed by atoms with Crippen LogP contribution in [0.15, 0.2) is 30.3 Å². The zero-order valence-electron chi connectivity index (χ0n) is 9.90. The van der Waals surface area contributed by atoms with Crippen LogP contribution in [0.1, 0.15) is 19.4 Å². The Bertz CT molecular complexity index is 311. The maximum atomic E-state index is 10.9. The number of benzene rings is 1. The van der Waals surface area contributed by atoms with Crippen LogP contribution >= 0.6 is 0 Å². The fourth-order valence-corrected chi connectivity index (χ4v) is 1.25. The van der Waals surface area contributed by atoms with Gasteiger partial charge in [0.2, 0.25) is 0 Å². The molecule has 16 heavy (non-hydrogen) atoms. The standard InChI is InChI=1S/C13H19NO2/c1-11(15)12(2)16-9-8-14-10-13-6-4-3-5-7-13/h3-7,12,14H,8-10H2,1-2H3. The molecule has 1 N–H and O–H groups in total. The van der Waals surface area contributed by atoms with E-state index in [1.165, 1.54) is 5.56 Å². The average Bonchev–Trinajstić information content (AvgIpc) is 2.29. The Morgan fingerprint density at radius 3 is 2.69 bits per heavy atom. The molecule has 1 rings (SSSR count). The Labute approximate surface area is 96.8 Å². The molecule has 1 aromatic rings. The van der Waals surface area contributed by atoms with E-state index in [1.807, 2.05) is 18.2 Å². The van der Waals surface area contributed by atoms with Crippen LogP contribution < -0.4 is 5.32 Å². The lowest BCUT2D eigenvalue weighted by molar-refractivity contribution is -0.127. The van der Waals surface area contributed by atoms with Gasteiger partial charge < -0.3 is 10.1 Å². The Morgan fingerprint density at radius 2 is 2.06 bits per heavy atom.